The van der Waals surface area contributed by atoms with E-state index in [2.05, 4.69) is 0 Å². The molecule has 0 radical (unpaired) electrons. The van der Waals surface area contributed by atoms with Gasteiger partial charge in [0.25, 0.3) is 5.69 Å². The van der Waals surface area contributed by atoms with Crippen molar-refractivity contribution in [2.75, 3.05) is 0 Å². The molecule has 0 N–H and O–H groups in total. The van der Waals surface area contributed by atoms with Crippen LogP contribution in [0.2, 0.25) is 0 Å². The van der Waals surface area contributed by atoms with Gasteiger partial charge in [-0.1, -0.05) is 39.0 Å². The van der Waals surface area contributed by atoms with Crippen LogP contribution in [0.3, 0.4) is 0 Å². The first kappa shape index (κ1) is 13.4. The Hall–Kier alpha value is -1.71. The maximum absolute atomic E-state index is 11.9. The minimum Gasteiger partial charge on any atom is -0.299 e. The maximum atomic E-state index is 11.9. The van der Waals surface area contributed by atoms with Gasteiger partial charge < -0.3 is 0 Å². The Bertz CT molecular complexity index is 426. The third-order valence-corrected chi connectivity index (χ3v) is 3.06. The molecule has 0 heterocycles. The van der Waals surface area contributed by atoms with E-state index in [1.807, 2.05) is 20.8 Å². The molecule has 1 atom stereocenters. The van der Waals surface area contributed by atoms with Crippen LogP contribution >= 0.6 is 0 Å². The van der Waals surface area contributed by atoms with Crippen molar-refractivity contribution in [3.63, 3.8) is 0 Å². The first-order valence-corrected chi connectivity index (χ1v) is 5.68. The van der Waals surface area contributed by atoms with E-state index < -0.39 is 4.92 Å². The average Bonchev–Trinajstić information content (AvgIpc) is 2.28. The lowest BCUT2D eigenvalue weighted by Gasteiger charge is -2.13. The Morgan fingerprint density at radius 2 is 1.88 bits per heavy atom. The van der Waals surface area contributed by atoms with Crippen molar-refractivity contribution in [3.8, 4) is 0 Å². The summed E-state index contributed by atoms with van der Waals surface area (Å²) in [6.45, 7) is 5.81. The van der Waals surface area contributed by atoms with E-state index in [0.717, 1.165) is 0 Å². The Labute approximate surface area is 101 Å². The van der Waals surface area contributed by atoms with Crippen LogP contribution in [0, 0.1) is 22.0 Å². The first-order chi connectivity index (χ1) is 7.93. The fraction of sp³-hybridized carbons (Fsp3) is 0.462. The summed E-state index contributed by atoms with van der Waals surface area (Å²) in [5.41, 5.74) is 0.520. The molecule has 0 aliphatic rings. The van der Waals surface area contributed by atoms with Crippen LogP contribution in [0.15, 0.2) is 24.3 Å². The fourth-order valence-electron chi connectivity index (χ4n) is 1.56. The minimum absolute atomic E-state index is 0.0248. The normalized spacial score (nSPS) is 12.5. The van der Waals surface area contributed by atoms with Crippen molar-refractivity contribution in [2.45, 2.75) is 27.2 Å². The van der Waals surface area contributed by atoms with E-state index in [1.165, 1.54) is 6.07 Å². The molecule has 1 aromatic rings. The number of nitrogens with zero attached hydrogens (tertiary/aromatic N) is 1. The van der Waals surface area contributed by atoms with Gasteiger partial charge in [-0.2, -0.15) is 0 Å². The van der Waals surface area contributed by atoms with Crippen LogP contribution in [0.1, 0.15) is 26.3 Å². The molecule has 4 heteroatoms. The number of ketones is 1. The largest absolute Gasteiger partial charge is 0.299 e. The van der Waals surface area contributed by atoms with Crippen molar-refractivity contribution in [1.82, 2.24) is 0 Å². The number of benzene rings is 1. The highest BCUT2D eigenvalue weighted by molar-refractivity contribution is 5.84. The highest BCUT2D eigenvalue weighted by Crippen LogP contribution is 2.21. The van der Waals surface area contributed by atoms with Crippen molar-refractivity contribution in [3.05, 3.63) is 39.9 Å². The van der Waals surface area contributed by atoms with Crippen LogP contribution in [0.5, 0.6) is 0 Å². The van der Waals surface area contributed by atoms with Gasteiger partial charge in [0.15, 0.2) is 0 Å². The standard InChI is InChI=1S/C13H17NO3/c1-9(2)10(3)13(15)8-11-6-4-5-7-12(11)14(16)17/h4-7,9-10H,8H2,1-3H3. The van der Waals surface area contributed by atoms with Gasteiger partial charge in [0, 0.05) is 24.0 Å². The summed E-state index contributed by atoms with van der Waals surface area (Å²) in [4.78, 5) is 22.3. The lowest BCUT2D eigenvalue weighted by Crippen LogP contribution is -2.19. The smallest absolute Gasteiger partial charge is 0.273 e. The molecule has 0 saturated carbocycles. The van der Waals surface area contributed by atoms with Crippen LogP contribution in [-0.4, -0.2) is 10.7 Å². The molecule has 0 fully saturated rings. The summed E-state index contributed by atoms with van der Waals surface area (Å²) in [7, 11) is 0. The zero-order valence-corrected chi connectivity index (χ0v) is 10.3. The third kappa shape index (κ3) is 3.37. The molecular weight excluding hydrogens is 218 g/mol. The summed E-state index contributed by atoms with van der Waals surface area (Å²) >= 11 is 0. The predicted molar refractivity (Wildman–Crippen MR) is 65.8 cm³/mol. The highest BCUT2D eigenvalue weighted by Gasteiger charge is 2.21. The average molecular weight is 235 g/mol. The van der Waals surface area contributed by atoms with E-state index in [1.54, 1.807) is 18.2 Å². The van der Waals surface area contributed by atoms with Gasteiger partial charge in [-0.15, -0.1) is 0 Å². The number of hydrogen-bond donors (Lipinski definition) is 0. The molecule has 17 heavy (non-hydrogen) atoms. The number of nitro groups is 1. The number of carbonyl (C=O) groups is 1. The maximum Gasteiger partial charge on any atom is 0.273 e. The number of nitro benzene ring substituents is 1. The Morgan fingerprint density at radius 3 is 2.41 bits per heavy atom. The van der Waals surface area contributed by atoms with Gasteiger partial charge in [0.05, 0.1) is 4.92 Å². The molecule has 1 aromatic carbocycles. The fourth-order valence-corrected chi connectivity index (χ4v) is 1.56. The first-order valence-electron chi connectivity index (χ1n) is 5.68. The summed E-state index contributed by atoms with van der Waals surface area (Å²) in [5, 5.41) is 10.8. The molecule has 0 amide bonds. The number of carbonyl (C=O) groups excluding carboxylic acids is 1. The van der Waals surface area contributed by atoms with Gasteiger partial charge in [0.1, 0.15) is 5.78 Å². The molecule has 1 rings (SSSR count). The summed E-state index contributed by atoms with van der Waals surface area (Å²) in [5.74, 6) is 0.231. The van der Waals surface area contributed by atoms with Crippen molar-refractivity contribution >= 4 is 11.5 Å². The van der Waals surface area contributed by atoms with E-state index in [9.17, 15) is 14.9 Å². The number of hydrogen-bond acceptors (Lipinski definition) is 3. The molecule has 1 unspecified atom stereocenters. The Balaban J connectivity index is 2.89. The van der Waals surface area contributed by atoms with Gasteiger partial charge >= 0.3 is 0 Å². The monoisotopic (exact) mass is 235 g/mol. The minimum atomic E-state index is -0.442. The van der Waals surface area contributed by atoms with Crippen molar-refractivity contribution in [1.29, 1.82) is 0 Å². The quantitative estimate of drug-likeness (QED) is 0.582. The molecule has 0 bridgehead atoms. The SMILES string of the molecule is CC(C)C(C)C(=O)Cc1ccccc1[N+](=O)[O-]. The van der Waals surface area contributed by atoms with Gasteiger partial charge in [-0.3, -0.25) is 14.9 Å². The van der Waals surface area contributed by atoms with E-state index in [0.29, 0.717) is 5.56 Å². The lowest BCUT2D eigenvalue weighted by molar-refractivity contribution is -0.385. The molecule has 92 valence electrons. The zero-order chi connectivity index (χ0) is 13.0. The second-order valence-corrected chi connectivity index (χ2v) is 4.56. The number of rotatable bonds is 5. The van der Waals surface area contributed by atoms with E-state index in [-0.39, 0.29) is 29.7 Å². The predicted octanol–water partition coefficient (Wildman–Crippen LogP) is 3.00. The van der Waals surface area contributed by atoms with Crippen LogP contribution in [0.25, 0.3) is 0 Å². The van der Waals surface area contributed by atoms with Gasteiger partial charge in [-0.05, 0) is 5.92 Å². The Morgan fingerprint density at radius 1 is 1.29 bits per heavy atom. The second-order valence-electron chi connectivity index (χ2n) is 4.56. The highest BCUT2D eigenvalue weighted by atomic mass is 16.6. The number of para-hydroxylation sites is 1. The van der Waals surface area contributed by atoms with Crippen molar-refractivity contribution in [2.24, 2.45) is 11.8 Å². The zero-order valence-electron chi connectivity index (χ0n) is 10.3. The Kier molecular flexibility index (Phi) is 4.37. The molecule has 0 aromatic heterocycles. The van der Waals surface area contributed by atoms with Crippen LogP contribution in [-0.2, 0) is 11.2 Å². The van der Waals surface area contributed by atoms with Gasteiger partial charge in [-0.25, -0.2) is 0 Å². The van der Waals surface area contributed by atoms with Crippen molar-refractivity contribution < 1.29 is 9.72 Å². The topological polar surface area (TPSA) is 60.2 Å². The molecule has 0 aliphatic carbocycles. The summed E-state index contributed by atoms with van der Waals surface area (Å²) in [6.07, 6.45) is 0.135. The summed E-state index contributed by atoms with van der Waals surface area (Å²) < 4.78 is 0. The molecule has 4 nitrogen and oxygen atoms in total. The lowest BCUT2D eigenvalue weighted by atomic mass is 9.90. The second kappa shape index (κ2) is 5.57. The van der Waals surface area contributed by atoms with Gasteiger partial charge in [0.2, 0.25) is 0 Å². The number of Topliss-reactive ketones (excluding diaryl/α,β-unsaturated/α-hetero) is 1. The van der Waals surface area contributed by atoms with E-state index >= 15 is 0 Å². The van der Waals surface area contributed by atoms with Crippen LogP contribution in [0.4, 0.5) is 5.69 Å². The molecule has 0 spiro atoms. The molecule has 0 aliphatic heterocycles. The summed E-state index contributed by atoms with van der Waals surface area (Å²) in [6, 6.07) is 6.40. The third-order valence-electron chi connectivity index (χ3n) is 3.06. The molecular formula is C13H17NO3. The molecule has 0 saturated heterocycles. The van der Waals surface area contributed by atoms with E-state index in [4.69, 9.17) is 0 Å². The van der Waals surface area contributed by atoms with Crippen LogP contribution < -0.4 is 0 Å².